The first kappa shape index (κ1) is 23.4. The number of carbonyl (C=O) groups excluding carboxylic acids is 2. The van der Waals surface area contributed by atoms with Crippen LogP contribution < -0.4 is 15.0 Å². The van der Waals surface area contributed by atoms with Gasteiger partial charge in [-0.15, -0.1) is 0 Å². The van der Waals surface area contributed by atoms with E-state index in [-0.39, 0.29) is 42.8 Å². The summed E-state index contributed by atoms with van der Waals surface area (Å²) < 4.78 is 41.6. The third kappa shape index (κ3) is 7.18. The third-order valence-corrected chi connectivity index (χ3v) is 5.27. The molecule has 2 aromatic carbocycles. The molecule has 1 heterocycles. The number of halogens is 3. The van der Waals surface area contributed by atoms with Crippen molar-refractivity contribution in [1.29, 1.82) is 0 Å². The molecule has 0 atom stereocenters. The van der Waals surface area contributed by atoms with Crippen LogP contribution in [0.15, 0.2) is 48.5 Å². The molecule has 1 aliphatic heterocycles. The third-order valence-electron chi connectivity index (χ3n) is 5.27. The van der Waals surface area contributed by atoms with Crippen LogP contribution in [0.5, 0.6) is 5.75 Å². The first-order chi connectivity index (χ1) is 15.4. The summed E-state index contributed by atoms with van der Waals surface area (Å²) in [4.78, 5) is 28.3. The van der Waals surface area contributed by atoms with Crippen molar-refractivity contribution < 1.29 is 27.5 Å². The van der Waals surface area contributed by atoms with E-state index in [1.165, 1.54) is 24.3 Å². The summed E-state index contributed by atoms with van der Waals surface area (Å²) in [5.41, 5.74) is 1.76. The SMILES string of the molecule is O=C(CCc1ccc(OC(F)F)cc1)NCCC(=O)N1CCN(c2ccc(F)cc2)CC1. The Kier molecular flexibility index (Phi) is 8.35. The van der Waals surface area contributed by atoms with E-state index in [4.69, 9.17) is 0 Å². The van der Waals surface area contributed by atoms with Gasteiger partial charge in [-0.1, -0.05) is 12.1 Å². The molecule has 0 spiro atoms. The second kappa shape index (κ2) is 11.4. The number of hydrogen-bond acceptors (Lipinski definition) is 4. The Hall–Kier alpha value is -3.23. The number of amides is 2. The molecule has 1 N–H and O–H groups in total. The minimum absolute atomic E-state index is 0.0151. The zero-order valence-corrected chi connectivity index (χ0v) is 17.6. The summed E-state index contributed by atoms with van der Waals surface area (Å²) in [7, 11) is 0. The Labute approximate surface area is 184 Å². The lowest BCUT2D eigenvalue weighted by Crippen LogP contribution is -2.49. The van der Waals surface area contributed by atoms with Crippen molar-refractivity contribution in [3.8, 4) is 5.75 Å². The molecule has 172 valence electrons. The Balaban J connectivity index is 1.31. The average molecular weight is 449 g/mol. The smallest absolute Gasteiger partial charge is 0.387 e. The number of hydrogen-bond donors (Lipinski definition) is 1. The lowest BCUT2D eigenvalue weighted by Gasteiger charge is -2.36. The molecule has 2 amide bonds. The molecule has 1 aliphatic rings. The quantitative estimate of drug-likeness (QED) is 0.639. The Morgan fingerprint density at radius 3 is 2.22 bits per heavy atom. The fourth-order valence-corrected chi connectivity index (χ4v) is 3.52. The molecule has 1 fully saturated rings. The molecular formula is C23H26F3N3O3. The number of nitrogens with zero attached hydrogens (tertiary/aromatic N) is 2. The molecule has 6 nitrogen and oxygen atoms in total. The number of aryl methyl sites for hydroxylation is 1. The molecule has 0 aliphatic carbocycles. The van der Waals surface area contributed by atoms with Crippen LogP contribution in [0.25, 0.3) is 0 Å². The molecule has 1 saturated heterocycles. The normalized spacial score (nSPS) is 13.9. The minimum Gasteiger partial charge on any atom is -0.435 e. The highest BCUT2D eigenvalue weighted by atomic mass is 19.3. The fraction of sp³-hybridized carbons (Fsp3) is 0.391. The van der Waals surface area contributed by atoms with Crippen LogP contribution in [-0.4, -0.2) is 56.0 Å². The van der Waals surface area contributed by atoms with Gasteiger partial charge in [-0.05, 0) is 48.4 Å². The van der Waals surface area contributed by atoms with E-state index in [9.17, 15) is 22.8 Å². The van der Waals surface area contributed by atoms with Crippen molar-refractivity contribution in [2.75, 3.05) is 37.6 Å². The van der Waals surface area contributed by atoms with Crippen molar-refractivity contribution in [2.24, 2.45) is 0 Å². The summed E-state index contributed by atoms with van der Waals surface area (Å²) in [6.07, 6.45) is 0.918. The molecule has 9 heteroatoms. The van der Waals surface area contributed by atoms with Gasteiger partial charge in [0.2, 0.25) is 11.8 Å². The zero-order chi connectivity index (χ0) is 22.9. The van der Waals surface area contributed by atoms with Gasteiger partial charge in [0.1, 0.15) is 11.6 Å². The van der Waals surface area contributed by atoms with Crippen molar-refractivity contribution in [1.82, 2.24) is 10.2 Å². The largest absolute Gasteiger partial charge is 0.435 e. The minimum atomic E-state index is -2.87. The summed E-state index contributed by atoms with van der Waals surface area (Å²) in [6, 6.07) is 12.5. The van der Waals surface area contributed by atoms with Crippen LogP contribution >= 0.6 is 0 Å². The van der Waals surface area contributed by atoms with Crippen LogP contribution in [0.2, 0.25) is 0 Å². The summed E-state index contributed by atoms with van der Waals surface area (Å²) in [5.74, 6) is -0.391. The van der Waals surface area contributed by atoms with Crippen molar-refractivity contribution in [3.63, 3.8) is 0 Å². The van der Waals surface area contributed by atoms with E-state index in [1.807, 2.05) is 0 Å². The van der Waals surface area contributed by atoms with Crippen LogP contribution in [0.4, 0.5) is 18.9 Å². The monoisotopic (exact) mass is 449 g/mol. The number of piperazine rings is 1. The van der Waals surface area contributed by atoms with E-state index in [1.54, 1.807) is 29.2 Å². The Bertz CT molecular complexity index is 884. The van der Waals surface area contributed by atoms with E-state index in [0.717, 1.165) is 11.3 Å². The van der Waals surface area contributed by atoms with Gasteiger partial charge in [-0.2, -0.15) is 8.78 Å². The molecular weight excluding hydrogens is 423 g/mol. The number of alkyl halides is 2. The maximum Gasteiger partial charge on any atom is 0.387 e. The second-order valence-corrected chi connectivity index (χ2v) is 7.47. The molecule has 2 aromatic rings. The van der Waals surface area contributed by atoms with Crippen LogP contribution in [0.3, 0.4) is 0 Å². The number of benzene rings is 2. The van der Waals surface area contributed by atoms with Gasteiger partial charge >= 0.3 is 6.61 Å². The van der Waals surface area contributed by atoms with Crippen molar-refractivity contribution in [2.45, 2.75) is 25.9 Å². The van der Waals surface area contributed by atoms with Crippen molar-refractivity contribution in [3.05, 3.63) is 59.9 Å². The topological polar surface area (TPSA) is 61.9 Å². The van der Waals surface area contributed by atoms with Gasteiger partial charge in [-0.3, -0.25) is 9.59 Å². The molecule has 0 unspecified atom stereocenters. The molecule has 0 bridgehead atoms. The van der Waals surface area contributed by atoms with Crippen molar-refractivity contribution >= 4 is 17.5 Å². The summed E-state index contributed by atoms with van der Waals surface area (Å²) in [6.45, 7) is -0.106. The maximum absolute atomic E-state index is 13.1. The van der Waals surface area contributed by atoms with E-state index >= 15 is 0 Å². The Morgan fingerprint density at radius 2 is 1.59 bits per heavy atom. The standard InChI is InChI=1S/C23H26F3N3O3/c24-18-4-6-19(7-5-18)28-13-15-29(16-14-28)22(31)11-12-27-21(30)10-3-17-1-8-20(9-2-17)32-23(25)26/h1-2,4-9,23H,3,10-16H2,(H,27,30). The number of nitrogens with one attached hydrogen (secondary N) is 1. The number of rotatable bonds is 9. The van der Waals surface area contributed by atoms with Gasteiger partial charge in [0, 0.05) is 51.3 Å². The highest BCUT2D eigenvalue weighted by Gasteiger charge is 2.21. The highest BCUT2D eigenvalue weighted by Crippen LogP contribution is 2.17. The van der Waals surface area contributed by atoms with Crippen LogP contribution in [0, 0.1) is 5.82 Å². The van der Waals surface area contributed by atoms with E-state index in [2.05, 4.69) is 15.0 Å². The summed E-state index contributed by atoms with van der Waals surface area (Å²) >= 11 is 0. The molecule has 0 saturated carbocycles. The zero-order valence-electron chi connectivity index (χ0n) is 17.6. The number of ether oxygens (including phenoxy) is 1. The predicted molar refractivity (Wildman–Crippen MR) is 114 cm³/mol. The Morgan fingerprint density at radius 1 is 0.938 bits per heavy atom. The maximum atomic E-state index is 13.1. The van der Waals surface area contributed by atoms with Crippen LogP contribution in [0.1, 0.15) is 18.4 Å². The fourth-order valence-electron chi connectivity index (χ4n) is 3.52. The molecule has 0 aromatic heterocycles. The van der Waals surface area contributed by atoms with Crippen LogP contribution in [-0.2, 0) is 16.0 Å². The molecule has 3 rings (SSSR count). The average Bonchev–Trinajstić information content (AvgIpc) is 2.79. The molecule has 0 radical (unpaired) electrons. The summed E-state index contributed by atoms with van der Waals surface area (Å²) in [5, 5.41) is 2.74. The number of carbonyl (C=O) groups is 2. The molecule has 32 heavy (non-hydrogen) atoms. The first-order valence-electron chi connectivity index (χ1n) is 10.5. The van der Waals surface area contributed by atoms with Gasteiger partial charge < -0.3 is 19.9 Å². The van der Waals surface area contributed by atoms with E-state index < -0.39 is 6.61 Å². The van der Waals surface area contributed by atoms with Gasteiger partial charge in [0.15, 0.2) is 0 Å². The van der Waals surface area contributed by atoms with E-state index in [0.29, 0.717) is 32.6 Å². The first-order valence-corrected chi connectivity index (χ1v) is 10.5. The lowest BCUT2D eigenvalue weighted by atomic mass is 10.1. The van der Waals surface area contributed by atoms with Gasteiger partial charge in [0.25, 0.3) is 0 Å². The van der Waals surface area contributed by atoms with Gasteiger partial charge in [-0.25, -0.2) is 4.39 Å². The highest BCUT2D eigenvalue weighted by molar-refractivity contribution is 5.79. The second-order valence-electron chi connectivity index (χ2n) is 7.47. The predicted octanol–water partition coefficient (Wildman–Crippen LogP) is 3.21. The lowest BCUT2D eigenvalue weighted by molar-refractivity contribution is -0.131. The number of anilines is 1. The van der Waals surface area contributed by atoms with Gasteiger partial charge in [0.05, 0.1) is 0 Å².